The predicted octanol–water partition coefficient (Wildman–Crippen LogP) is 6.38. The molecular formula is C30H19F5N4O4S. The van der Waals surface area contributed by atoms with E-state index in [0.717, 1.165) is 47.7 Å². The molecule has 224 valence electrons. The molecule has 1 aliphatic rings. The molecule has 8 nitrogen and oxygen atoms in total. The fraction of sp³-hybridized carbons (Fsp3) is 0.200. The minimum absolute atomic E-state index is 0.0312. The normalized spacial score (nSPS) is 14.4. The van der Waals surface area contributed by atoms with Gasteiger partial charge in [0.05, 0.1) is 34.3 Å². The van der Waals surface area contributed by atoms with Crippen molar-refractivity contribution in [3.8, 4) is 23.2 Å². The van der Waals surface area contributed by atoms with Gasteiger partial charge in [0.2, 0.25) is 0 Å². The van der Waals surface area contributed by atoms with E-state index < -0.39 is 47.5 Å². The van der Waals surface area contributed by atoms with Gasteiger partial charge >= 0.3 is 5.97 Å². The van der Waals surface area contributed by atoms with Crippen LogP contribution in [-0.4, -0.2) is 38.3 Å². The number of hydrogen-bond acceptors (Lipinski definition) is 7. The average molecular weight is 627 g/mol. The van der Waals surface area contributed by atoms with Crippen LogP contribution in [0.5, 0.6) is 5.88 Å². The number of halogens is 5. The number of nitriles is 1. The molecule has 44 heavy (non-hydrogen) atoms. The van der Waals surface area contributed by atoms with Crippen molar-refractivity contribution in [1.29, 1.82) is 5.26 Å². The first-order valence-corrected chi connectivity index (χ1v) is 13.9. The summed E-state index contributed by atoms with van der Waals surface area (Å²) in [6, 6.07) is 8.79. The third-order valence-electron chi connectivity index (χ3n) is 7.10. The van der Waals surface area contributed by atoms with Gasteiger partial charge in [0, 0.05) is 24.7 Å². The molecule has 0 spiro atoms. The quantitative estimate of drug-likeness (QED) is 0.189. The number of benzene rings is 2. The highest BCUT2D eigenvalue weighted by Gasteiger charge is 2.25. The number of ether oxygens (including phenoxy) is 2. The van der Waals surface area contributed by atoms with Crippen LogP contribution in [0.4, 0.5) is 22.0 Å². The summed E-state index contributed by atoms with van der Waals surface area (Å²) < 4.78 is 86.4. The maximum absolute atomic E-state index is 15.4. The molecule has 2 aromatic carbocycles. The lowest BCUT2D eigenvalue weighted by Crippen LogP contribution is -2.31. The molecule has 1 atom stereocenters. The molecule has 3 aromatic heterocycles. The second-order valence-electron chi connectivity index (χ2n) is 9.92. The van der Waals surface area contributed by atoms with Gasteiger partial charge in [-0.15, -0.1) is 11.3 Å². The van der Waals surface area contributed by atoms with Crippen LogP contribution in [0.15, 0.2) is 42.5 Å². The van der Waals surface area contributed by atoms with E-state index in [1.165, 1.54) is 6.07 Å². The van der Waals surface area contributed by atoms with Gasteiger partial charge in [0.25, 0.3) is 5.88 Å². The Morgan fingerprint density at radius 3 is 2.52 bits per heavy atom. The number of carboxylic acids is 1. The van der Waals surface area contributed by atoms with Crippen molar-refractivity contribution in [3.63, 3.8) is 0 Å². The van der Waals surface area contributed by atoms with Crippen LogP contribution < -0.4 is 4.74 Å². The first kappa shape index (κ1) is 29.2. The third-order valence-corrected chi connectivity index (χ3v) is 8.08. The average Bonchev–Trinajstić information content (AvgIpc) is 3.51. The van der Waals surface area contributed by atoms with Crippen LogP contribution in [0.1, 0.15) is 37.9 Å². The molecule has 5 aromatic rings. The number of hydrogen-bond donors (Lipinski definition) is 1. The number of nitrogens with zero attached hydrogens (tertiary/aromatic N) is 4. The monoisotopic (exact) mass is 626 g/mol. The van der Waals surface area contributed by atoms with Gasteiger partial charge in [0.15, 0.2) is 11.6 Å². The van der Waals surface area contributed by atoms with Gasteiger partial charge in [-0.25, -0.2) is 36.7 Å². The van der Waals surface area contributed by atoms with Gasteiger partial charge in [-0.05, 0) is 48.4 Å². The van der Waals surface area contributed by atoms with Crippen LogP contribution in [0.25, 0.3) is 22.3 Å². The summed E-state index contributed by atoms with van der Waals surface area (Å²) in [5, 5.41) is 18.3. The standard InChI is InChI=1S/C30H19F5N4O4S/c31-19-1-2-24(37-29(19)43-13-26-22(34)9-17(11-36)44-26)18-10-20(32)14(5-21(18)33)8-27-38-28-23(35)6-15(30(40)41)7-25(28)39(27)12-16-3-4-42-16/h1-2,5-7,9-10,16H,3-4,8,12-13H2,(H,40,41). The molecule has 0 aliphatic carbocycles. The van der Waals surface area contributed by atoms with Gasteiger partial charge in [-0.2, -0.15) is 5.26 Å². The van der Waals surface area contributed by atoms with Gasteiger partial charge in [-0.1, -0.05) is 0 Å². The Labute approximate surface area is 249 Å². The van der Waals surface area contributed by atoms with Gasteiger partial charge < -0.3 is 19.1 Å². The maximum Gasteiger partial charge on any atom is 0.335 e. The van der Waals surface area contributed by atoms with Crippen molar-refractivity contribution in [1.82, 2.24) is 14.5 Å². The Balaban J connectivity index is 1.31. The molecule has 1 unspecified atom stereocenters. The Morgan fingerprint density at radius 1 is 1.05 bits per heavy atom. The lowest BCUT2D eigenvalue weighted by atomic mass is 10.0. The molecule has 1 aliphatic heterocycles. The SMILES string of the molecule is N#Cc1cc(F)c(COc2nc(-c3cc(F)c(Cc4nc5c(F)cc(C(=O)O)cc5n4CC4CCO4)cc3F)ccc2F)s1. The molecular weight excluding hydrogens is 607 g/mol. The lowest BCUT2D eigenvalue weighted by Gasteiger charge is -2.27. The lowest BCUT2D eigenvalue weighted by molar-refractivity contribution is -0.0589. The summed E-state index contributed by atoms with van der Waals surface area (Å²) in [7, 11) is 0. The highest BCUT2D eigenvalue weighted by Crippen LogP contribution is 2.31. The Hall–Kier alpha value is -4.87. The number of rotatable bonds is 9. The number of aromatic nitrogens is 3. The molecule has 0 bridgehead atoms. The number of carboxylic acid groups (broad SMARTS) is 1. The summed E-state index contributed by atoms with van der Waals surface area (Å²) in [6.07, 6.45) is 0.198. The summed E-state index contributed by atoms with van der Waals surface area (Å²) >= 11 is 0.823. The van der Waals surface area contributed by atoms with Crippen molar-refractivity contribution >= 4 is 28.3 Å². The van der Waals surface area contributed by atoms with E-state index >= 15 is 8.78 Å². The van der Waals surface area contributed by atoms with E-state index in [4.69, 9.17) is 14.7 Å². The maximum atomic E-state index is 15.4. The van der Waals surface area contributed by atoms with Crippen LogP contribution in [0, 0.1) is 40.4 Å². The first-order chi connectivity index (χ1) is 21.1. The van der Waals surface area contributed by atoms with E-state index in [2.05, 4.69) is 9.97 Å². The molecule has 0 amide bonds. The van der Waals surface area contributed by atoms with E-state index in [1.807, 2.05) is 0 Å². The number of aromatic carboxylic acids is 1. The van der Waals surface area contributed by atoms with Crippen molar-refractivity contribution in [2.75, 3.05) is 6.61 Å². The Kier molecular flexibility index (Phi) is 7.74. The number of pyridine rings is 1. The molecule has 1 N–H and O–H groups in total. The molecule has 14 heteroatoms. The van der Waals surface area contributed by atoms with Crippen LogP contribution in [0.3, 0.4) is 0 Å². The minimum atomic E-state index is -1.33. The fourth-order valence-corrected chi connectivity index (χ4v) is 5.53. The highest BCUT2D eigenvalue weighted by atomic mass is 32.1. The topological polar surface area (TPSA) is 110 Å². The molecule has 4 heterocycles. The van der Waals surface area contributed by atoms with Gasteiger partial charge in [0.1, 0.15) is 46.3 Å². The predicted molar refractivity (Wildman–Crippen MR) is 147 cm³/mol. The van der Waals surface area contributed by atoms with Crippen LogP contribution in [0.2, 0.25) is 0 Å². The molecule has 6 rings (SSSR count). The van der Waals surface area contributed by atoms with E-state index in [9.17, 15) is 23.1 Å². The molecule has 1 saturated heterocycles. The zero-order chi connectivity index (χ0) is 31.1. The largest absolute Gasteiger partial charge is 0.478 e. The second kappa shape index (κ2) is 11.7. The Morgan fingerprint density at radius 2 is 1.84 bits per heavy atom. The van der Waals surface area contributed by atoms with Crippen molar-refractivity contribution in [3.05, 3.63) is 98.3 Å². The van der Waals surface area contributed by atoms with Crippen molar-refractivity contribution in [2.45, 2.75) is 32.1 Å². The van der Waals surface area contributed by atoms with Crippen molar-refractivity contribution < 1.29 is 41.3 Å². The Bertz CT molecular complexity index is 1980. The fourth-order valence-electron chi connectivity index (χ4n) is 4.78. The summed E-state index contributed by atoms with van der Waals surface area (Å²) in [6.45, 7) is 0.286. The molecule has 0 saturated carbocycles. The summed E-state index contributed by atoms with van der Waals surface area (Å²) in [5.41, 5.74) is -0.821. The molecule has 0 radical (unpaired) electrons. The number of imidazole rings is 1. The number of thiophene rings is 1. The minimum Gasteiger partial charge on any atom is -0.478 e. The summed E-state index contributed by atoms with van der Waals surface area (Å²) in [5.74, 6) is -6.00. The highest BCUT2D eigenvalue weighted by molar-refractivity contribution is 7.12. The molecule has 1 fully saturated rings. The first-order valence-electron chi connectivity index (χ1n) is 13.1. The van der Waals surface area contributed by atoms with Crippen LogP contribution in [-0.2, 0) is 24.3 Å². The van der Waals surface area contributed by atoms with E-state index in [-0.39, 0.29) is 68.1 Å². The number of fused-ring (bicyclic) bond motifs is 1. The zero-order valence-electron chi connectivity index (χ0n) is 22.4. The zero-order valence-corrected chi connectivity index (χ0v) is 23.2. The van der Waals surface area contributed by atoms with Gasteiger partial charge in [-0.3, -0.25) is 0 Å². The number of carbonyl (C=O) groups is 1. The van der Waals surface area contributed by atoms with Crippen LogP contribution >= 0.6 is 11.3 Å². The van der Waals surface area contributed by atoms with E-state index in [1.54, 1.807) is 10.6 Å². The van der Waals surface area contributed by atoms with Crippen molar-refractivity contribution in [2.24, 2.45) is 0 Å². The summed E-state index contributed by atoms with van der Waals surface area (Å²) in [4.78, 5) is 19.9. The second-order valence-corrected chi connectivity index (χ2v) is 11.1. The third kappa shape index (κ3) is 5.59. The van der Waals surface area contributed by atoms with E-state index in [0.29, 0.717) is 13.0 Å². The smallest absolute Gasteiger partial charge is 0.335 e.